The number of carbonyl (C=O) groups excluding carboxylic acids is 1. The van der Waals surface area contributed by atoms with Gasteiger partial charge in [0.05, 0.1) is 0 Å². The predicted molar refractivity (Wildman–Crippen MR) is 65.2 cm³/mol. The molecule has 1 fully saturated rings. The average molecular weight is 288 g/mol. The second-order valence-corrected chi connectivity index (χ2v) is 5.33. The van der Waals surface area contributed by atoms with E-state index in [1.807, 2.05) is 18.2 Å². The molecule has 3 heteroatoms. The van der Waals surface area contributed by atoms with Crippen LogP contribution in [0.5, 0.6) is 0 Å². The van der Waals surface area contributed by atoms with Crippen LogP contribution in [0.4, 0.5) is 0 Å². The standard InChI is InChI=1S/C12H12BrClO/c13-10-5-4-9(11(14)7-10)6-12(15)8-2-1-3-8/h4-5,7-8H,1-3,6H2. The van der Waals surface area contributed by atoms with Crippen LogP contribution in [0.25, 0.3) is 0 Å². The smallest absolute Gasteiger partial charge is 0.140 e. The molecule has 15 heavy (non-hydrogen) atoms. The molecular weight excluding hydrogens is 275 g/mol. The highest BCUT2D eigenvalue weighted by Crippen LogP contribution is 2.29. The Kier molecular flexibility index (Phi) is 3.47. The minimum Gasteiger partial charge on any atom is -0.299 e. The van der Waals surface area contributed by atoms with Crippen molar-refractivity contribution in [2.24, 2.45) is 5.92 Å². The van der Waals surface area contributed by atoms with Gasteiger partial charge in [0, 0.05) is 21.8 Å². The van der Waals surface area contributed by atoms with E-state index in [1.54, 1.807) is 0 Å². The lowest BCUT2D eigenvalue weighted by Gasteiger charge is -2.23. The molecule has 0 N–H and O–H groups in total. The van der Waals surface area contributed by atoms with Crippen LogP contribution in [0.3, 0.4) is 0 Å². The maximum Gasteiger partial charge on any atom is 0.140 e. The van der Waals surface area contributed by atoms with E-state index in [9.17, 15) is 4.79 Å². The van der Waals surface area contributed by atoms with Crippen molar-refractivity contribution in [2.45, 2.75) is 25.7 Å². The number of rotatable bonds is 3. The zero-order chi connectivity index (χ0) is 10.8. The van der Waals surface area contributed by atoms with E-state index in [4.69, 9.17) is 11.6 Å². The molecule has 1 nitrogen and oxygen atoms in total. The molecule has 2 rings (SSSR count). The van der Waals surface area contributed by atoms with Gasteiger partial charge in [-0.2, -0.15) is 0 Å². The van der Waals surface area contributed by atoms with Gasteiger partial charge in [-0.25, -0.2) is 0 Å². The van der Waals surface area contributed by atoms with Gasteiger partial charge in [-0.3, -0.25) is 4.79 Å². The van der Waals surface area contributed by atoms with Gasteiger partial charge < -0.3 is 0 Å². The maximum absolute atomic E-state index is 11.8. The van der Waals surface area contributed by atoms with Crippen LogP contribution in [0, 0.1) is 5.92 Å². The molecule has 0 saturated heterocycles. The lowest BCUT2D eigenvalue weighted by Crippen LogP contribution is -2.23. The second kappa shape index (κ2) is 4.67. The van der Waals surface area contributed by atoms with E-state index in [0.29, 0.717) is 23.1 Å². The molecule has 0 unspecified atom stereocenters. The highest BCUT2D eigenvalue weighted by atomic mass is 79.9. The third-order valence-corrected chi connectivity index (χ3v) is 3.79. The fourth-order valence-electron chi connectivity index (χ4n) is 1.73. The largest absolute Gasteiger partial charge is 0.299 e. The van der Waals surface area contributed by atoms with Crippen molar-refractivity contribution in [3.63, 3.8) is 0 Å². The van der Waals surface area contributed by atoms with E-state index in [1.165, 1.54) is 6.42 Å². The first-order valence-corrected chi connectivity index (χ1v) is 6.30. The topological polar surface area (TPSA) is 17.1 Å². The van der Waals surface area contributed by atoms with E-state index >= 15 is 0 Å². The Hall–Kier alpha value is -0.340. The van der Waals surface area contributed by atoms with Crippen molar-refractivity contribution in [1.82, 2.24) is 0 Å². The quantitative estimate of drug-likeness (QED) is 0.821. The Morgan fingerprint density at radius 3 is 2.73 bits per heavy atom. The van der Waals surface area contributed by atoms with Crippen molar-refractivity contribution in [2.75, 3.05) is 0 Å². The van der Waals surface area contributed by atoms with Crippen LogP contribution in [-0.4, -0.2) is 5.78 Å². The lowest BCUT2D eigenvalue weighted by atomic mass is 9.80. The zero-order valence-electron chi connectivity index (χ0n) is 8.30. The summed E-state index contributed by atoms with van der Waals surface area (Å²) in [6, 6.07) is 5.68. The first-order chi connectivity index (χ1) is 7.16. The molecule has 1 saturated carbocycles. The van der Waals surface area contributed by atoms with Crippen LogP contribution < -0.4 is 0 Å². The van der Waals surface area contributed by atoms with Gasteiger partial charge in [-0.15, -0.1) is 0 Å². The number of ketones is 1. The molecule has 0 heterocycles. The summed E-state index contributed by atoms with van der Waals surface area (Å²) in [5.41, 5.74) is 0.941. The molecule has 0 bridgehead atoms. The van der Waals surface area contributed by atoms with Crippen molar-refractivity contribution < 1.29 is 4.79 Å². The van der Waals surface area contributed by atoms with Gasteiger partial charge in [0.2, 0.25) is 0 Å². The number of benzene rings is 1. The number of halogens is 2. The molecule has 0 spiro atoms. The minimum atomic E-state index is 0.296. The highest BCUT2D eigenvalue weighted by Gasteiger charge is 2.25. The zero-order valence-corrected chi connectivity index (χ0v) is 10.6. The molecule has 1 aromatic rings. The Morgan fingerprint density at radius 2 is 2.20 bits per heavy atom. The molecule has 80 valence electrons. The van der Waals surface area contributed by atoms with Gasteiger partial charge in [-0.05, 0) is 30.5 Å². The number of Topliss-reactive ketones (excluding diaryl/α,β-unsaturated/α-hetero) is 1. The maximum atomic E-state index is 11.8. The molecular formula is C12H12BrClO. The van der Waals surface area contributed by atoms with Crippen LogP contribution in [0.2, 0.25) is 5.02 Å². The van der Waals surface area contributed by atoms with E-state index in [-0.39, 0.29) is 0 Å². The number of hydrogen-bond acceptors (Lipinski definition) is 1. The average Bonchev–Trinajstić information content (AvgIpc) is 2.07. The summed E-state index contributed by atoms with van der Waals surface area (Å²) in [5, 5.41) is 0.678. The molecule has 0 radical (unpaired) electrons. The lowest BCUT2D eigenvalue weighted by molar-refractivity contribution is -0.124. The summed E-state index contributed by atoms with van der Waals surface area (Å²) in [5.74, 6) is 0.634. The molecule has 0 aliphatic heterocycles. The monoisotopic (exact) mass is 286 g/mol. The molecule has 0 aromatic heterocycles. The Labute approximate surface area is 103 Å². The number of carbonyl (C=O) groups is 1. The van der Waals surface area contributed by atoms with Gasteiger partial charge in [-0.1, -0.05) is 40.0 Å². The first kappa shape index (κ1) is 11.2. The van der Waals surface area contributed by atoms with Crippen LogP contribution >= 0.6 is 27.5 Å². The normalized spacial score (nSPS) is 16.1. The molecule has 0 atom stereocenters. The van der Waals surface area contributed by atoms with E-state index in [2.05, 4.69) is 15.9 Å². The Balaban J connectivity index is 2.06. The Bertz CT molecular complexity index is 385. The third kappa shape index (κ3) is 2.61. The summed E-state index contributed by atoms with van der Waals surface area (Å²) >= 11 is 9.40. The SMILES string of the molecule is O=C(Cc1ccc(Br)cc1Cl)C1CCC1. The van der Waals surface area contributed by atoms with Crippen molar-refractivity contribution >= 4 is 33.3 Å². The molecule has 1 aliphatic carbocycles. The third-order valence-electron chi connectivity index (χ3n) is 2.94. The second-order valence-electron chi connectivity index (χ2n) is 4.01. The van der Waals surface area contributed by atoms with Crippen molar-refractivity contribution in [3.8, 4) is 0 Å². The van der Waals surface area contributed by atoms with Crippen molar-refractivity contribution in [3.05, 3.63) is 33.3 Å². The first-order valence-electron chi connectivity index (χ1n) is 5.13. The fraction of sp³-hybridized carbons (Fsp3) is 0.417. The van der Waals surface area contributed by atoms with Gasteiger partial charge in [0.15, 0.2) is 0 Å². The van der Waals surface area contributed by atoms with Crippen LogP contribution in [0.15, 0.2) is 22.7 Å². The minimum absolute atomic E-state index is 0.296. The predicted octanol–water partition coefficient (Wildman–Crippen LogP) is 4.01. The summed E-state index contributed by atoms with van der Waals surface area (Å²) in [4.78, 5) is 11.8. The number of hydrogen-bond donors (Lipinski definition) is 0. The van der Waals surface area contributed by atoms with Gasteiger partial charge in [0.25, 0.3) is 0 Å². The van der Waals surface area contributed by atoms with Crippen LogP contribution in [-0.2, 0) is 11.2 Å². The van der Waals surface area contributed by atoms with E-state index in [0.717, 1.165) is 22.9 Å². The van der Waals surface area contributed by atoms with Crippen molar-refractivity contribution in [1.29, 1.82) is 0 Å². The summed E-state index contributed by atoms with van der Waals surface area (Å²) in [6.07, 6.45) is 3.81. The fourth-order valence-corrected chi connectivity index (χ4v) is 2.47. The van der Waals surface area contributed by atoms with Gasteiger partial charge in [0.1, 0.15) is 5.78 Å². The highest BCUT2D eigenvalue weighted by molar-refractivity contribution is 9.10. The molecule has 1 aromatic carbocycles. The van der Waals surface area contributed by atoms with Crippen LogP contribution in [0.1, 0.15) is 24.8 Å². The molecule has 1 aliphatic rings. The summed E-state index contributed by atoms with van der Waals surface area (Å²) in [7, 11) is 0. The Morgan fingerprint density at radius 1 is 1.47 bits per heavy atom. The summed E-state index contributed by atoms with van der Waals surface area (Å²) in [6.45, 7) is 0. The molecule has 0 amide bonds. The van der Waals surface area contributed by atoms with Gasteiger partial charge >= 0.3 is 0 Å². The summed E-state index contributed by atoms with van der Waals surface area (Å²) < 4.78 is 0.951. The van der Waals surface area contributed by atoms with E-state index < -0.39 is 0 Å².